The van der Waals surface area contributed by atoms with Crippen LogP contribution >= 0.6 is 34.5 Å². The van der Waals surface area contributed by atoms with Crippen molar-refractivity contribution in [1.29, 1.82) is 0 Å². The number of piperazine rings is 1. The van der Waals surface area contributed by atoms with Gasteiger partial charge < -0.3 is 43.2 Å². The molecule has 12 rings (SSSR count). The van der Waals surface area contributed by atoms with Crippen LogP contribution in [0.1, 0.15) is 54.2 Å². The van der Waals surface area contributed by atoms with Crippen molar-refractivity contribution < 1.29 is 47.4 Å². The predicted octanol–water partition coefficient (Wildman–Crippen LogP) is 9.19. The molecule has 71 heavy (non-hydrogen) atoms. The number of rotatable bonds is 10. The van der Waals surface area contributed by atoms with Gasteiger partial charge in [0.2, 0.25) is 12.0 Å². The van der Waals surface area contributed by atoms with Crippen molar-refractivity contribution >= 4 is 82.4 Å². The minimum atomic E-state index is -1.45. The highest BCUT2D eigenvalue weighted by Crippen LogP contribution is 2.53. The van der Waals surface area contributed by atoms with E-state index < -0.39 is 24.0 Å². The van der Waals surface area contributed by atoms with Crippen molar-refractivity contribution in [1.82, 2.24) is 29.7 Å². The summed E-state index contributed by atoms with van der Waals surface area (Å²) in [6, 6.07) is 11.7. The molecule has 6 bridgehead atoms. The summed E-state index contributed by atoms with van der Waals surface area (Å²) < 4.78 is 60.0. The van der Waals surface area contributed by atoms with Crippen molar-refractivity contribution in [3.05, 3.63) is 93.5 Å². The largest absolute Gasteiger partial charge is 0.490 e. The molecule has 0 amide bonds. The molecule has 7 aromatic rings. The van der Waals surface area contributed by atoms with E-state index in [-0.39, 0.29) is 59.4 Å². The lowest BCUT2D eigenvalue weighted by atomic mass is 9.86. The lowest BCUT2D eigenvalue weighted by molar-refractivity contribution is -0.145. The maximum atomic E-state index is 15.3. The molecule has 0 unspecified atom stereocenters. The Bertz CT molecular complexity index is 3130. The van der Waals surface area contributed by atoms with Crippen LogP contribution in [0.15, 0.2) is 55.0 Å². The van der Waals surface area contributed by atoms with E-state index in [2.05, 4.69) is 31.8 Å². The number of aliphatic carboxylic acids is 1. The Kier molecular flexibility index (Phi) is 14.0. The Labute approximate surface area is 423 Å². The number of hydrogen-bond donors (Lipinski definition) is 1. The van der Waals surface area contributed by atoms with Crippen LogP contribution in [0.3, 0.4) is 0 Å². The zero-order valence-electron chi connectivity index (χ0n) is 39.3. The number of aromatic nitrogens is 4. The molecule has 7 heterocycles. The zero-order valence-corrected chi connectivity index (χ0v) is 41.7. The first kappa shape index (κ1) is 48.1. The van der Waals surface area contributed by atoms with E-state index in [0.29, 0.717) is 98.4 Å². The molecule has 3 atom stereocenters. The van der Waals surface area contributed by atoms with Gasteiger partial charge in [-0.2, -0.15) is 0 Å². The summed E-state index contributed by atoms with van der Waals surface area (Å²) in [5.74, 6) is 0.471. The molecule has 3 aromatic heterocycles. The van der Waals surface area contributed by atoms with Gasteiger partial charge in [0, 0.05) is 77.7 Å². The number of thiophene rings is 1. The number of aryl methyl sites for hydroxylation is 1. The second-order valence-electron chi connectivity index (χ2n) is 18.8. The van der Waals surface area contributed by atoms with Gasteiger partial charge in [0.05, 0.1) is 53.7 Å². The summed E-state index contributed by atoms with van der Waals surface area (Å²) in [4.78, 5) is 37.3. The number of ether oxygens (including phenoxy) is 7. The minimum absolute atomic E-state index is 0.0243. The Morgan fingerprint density at radius 3 is 2.55 bits per heavy atom. The number of carboxylic acids is 1. The summed E-state index contributed by atoms with van der Waals surface area (Å²) in [5, 5.41) is 15.0. The number of benzene rings is 4. The van der Waals surface area contributed by atoms with Crippen LogP contribution in [0.5, 0.6) is 23.1 Å². The van der Waals surface area contributed by atoms with E-state index in [1.54, 1.807) is 30.5 Å². The van der Waals surface area contributed by atoms with Gasteiger partial charge in [-0.05, 0) is 92.4 Å². The van der Waals surface area contributed by atoms with Crippen LogP contribution in [-0.4, -0.2) is 138 Å². The van der Waals surface area contributed by atoms with Crippen molar-refractivity contribution in [3.8, 4) is 23.1 Å². The van der Waals surface area contributed by atoms with E-state index >= 15 is 4.39 Å². The Morgan fingerprint density at radius 1 is 0.901 bits per heavy atom. The first-order valence-electron chi connectivity index (χ1n) is 24.1. The van der Waals surface area contributed by atoms with Crippen molar-refractivity contribution in [2.75, 3.05) is 72.8 Å². The second-order valence-corrected chi connectivity index (χ2v) is 20.6. The molecule has 1 saturated carbocycles. The molecule has 0 spiro atoms. The quantitative estimate of drug-likeness (QED) is 0.129. The zero-order chi connectivity index (χ0) is 48.8. The number of fused-ring (bicyclic) bond motifs is 8. The van der Waals surface area contributed by atoms with E-state index in [9.17, 15) is 9.90 Å². The molecule has 0 radical (unpaired) electrons. The fourth-order valence-corrected chi connectivity index (χ4v) is 12.1. The third-order valence-corrected chi connectivity index (χ3v) is 16.0. The third kappa shape index (κ3) is 9.99. The van der Waals surface area contributed by atoms with E-state index in [1.807, 2.05) is 13.0 Å². The summed E-state index contributed by atoms with van der Waals surface area (Å²) >= 11 is 16.2. The van der Waals surface area contributed by atoms with Crippen LogP contribution in [0.4, 0.5) is 4.39 Å². The first-order chi connectivity index (χ1) is 34.5. The topological polar surface area (TPSA) is 160 Å². The normalized spacial score (nSPS) is 22.6. The maximum absolute atomic E-state index is 15.3. The Balaban J connectivity index is 0.940. The number of nitrogens with zero attached hydrogens (tertiary/aromatic N) is 6. The summed E-state index contributed by atoms with van der Waals surface area (Å²) in [6.07, 6.45) is 4.67. The monoisotopic (exact) mass is 1030 g/mol. The first-order valence-corrected chi connectivity index (χ1v) is 25.7. The third-order valence-electron chi connectivity index (χ3n) is 14.1. The molecule has 2 saturated heterocycles. The van der Waals surface area contributed by atoms with Crippen LogP contribution in [0.2, 0.25) is 10.0 Å². The lowest BCUT2D eigenvalue weighted by Crippen LogP contribution is -2.49. The number of halogens is 3. The average Bonchev–Trinajstić information content (AvgIpc) is 3.78. The van der Waals surface area contributed by atoms with Crippen LogP contribution in [0.25, 0.3) is 41.8 Å². The van der Waals surface area contributed by atoms with Gasteiger partial charge in [-0.25, -0.2) is 29.1 Å². The molecule has 1 N–H and O–H groups in total. The highest BCUT2D eigenvalue weighted by Gasteiger charge is 2.32. The van der Waals surface area contributed by atoms with Crippen LogP contribution in [0, 0.1) is 12.7 Å². The summed E-state index contributed by atoms with van der Waals surface area (Å²) in [6.45, 7) is 8.25. The molecule has 19 heteroatoms. The number of carboxylic acid groups (broad SMARTS) is 1. The van der Waals surface area contributed by atoms with Gasteiger partial charge in [0.1, 0.15) is 59.7 Å². The fraction of sp³-hybridized carbons (Fsp3) is 0.442. The highest BCUT2D eigenvalue weighted by molar-refractivity contribution is 7.26. The number of likely N-dealkylation sites (N-methyl/N-ethyl adjacent to an activating group) is 1. The molecule has 372 valence electrons. The molecular formula is C52H53Cl2FN6O9S. The molecule has 4 aliphatic heterocycles. The van der Waals surface area contributed by atoms with Gasteiger partial charge >= 0.3 is 5.97 Å². The van der Waals surface area contributed by atoms with Crippen molar-refractivity contribution in [3.63, 3.8) is 0 Å². The van der Waals surface area contributed by atoms with Gasteiger partial charge in [0.15, 0.2) is 5.75 Å². The SMILES string of the molecule is Cc1c(Cl)c2c(Cl)c3c4cc(F)ccc4c4sc5ncnc(c5c4c13)O[C@@H](C(=O)O)Cc1cc(ccc1OCc1ccnc([C@H]3CC[C@H](OC[C@@H]4COCCO4)CC3)n1)OC[C@@H](CN1CCN(C)CC1)O2. The van der Waals surface area contributed by atoms with E-state index in [4.69, 9.17) is 61.3 Å². The maximum Gasteiger partial charge on any atom is 0.345 e. The average molecular weight is 1030 g/mol. The van der Waals surface area contributed by atoms with Crippen molar-refractivity contribution in [2.24, 2.45) is 0 Å². The fourth-order valence-electron chi connectivity index (χ4n) is 10.3. The standard InChI is InChI=1S/C52H53Cl2FN6O9S/c1-28-41-42-38-21-31(55)5-9-37(38)48-43(41)44-50(57-27-58-51(44)71-48)70-40(52(62)63)20-30-19-34(67-25-35(69-47(45(28)53)46(42)54)22-61-15-13-60(2)14-16-61)8-10-39(30)68-23-32-11-12-56-49(59-32)29-3-6-33(7-4-29)66-26-36-24-64-17-18-65-36/h5,8-12,19,21,27,29,33,35-36,40H,3-4,6-7,13-18,20,22-26H2,1-2H3,(H,62,63)/t29-,33-,35-,36+,40-/m1/s1. The number of carbonyl (C=O) groups is 1. The predicted molar refractivity (Wildman–Crippen MR) is 269 cm³/mol. The lowest BCUT2D eigenvalue weighted by Gasteiger charge is -2.35. The molecule has 15 nitrogen and oxygen atoms in total. The molecule has 1 aliphatic carbocycles. The molecule has 5 aliphatic rings. The van der Waals surface area contributed by atoms with E-state index in [0.717, 1.165) is 62.4 Å². The van der Waals surface area contributed by atoms with Crippen molar-refractivity contribution in [2.45, 2.75) is 76.0 Å². The van der Waals surface area contributed by atoms with Gasteiger partial charge in [-0.3, -0.25) is 4.90 Å². The Morgan fingerprint density at radius 2 is 1.75 bits per heavy atom. The minimum Gasteiger partial charge on any atom is -0.490 e. The molecule has 4 aromatic carbocycles. The number of hydrogen-bond acceptors (Lipinski definition) is 15. The Hall–Kier alpha value is -5.24. The van der Waals surface area contributed by atoms with Gasteiger partial charge in [-0.15, -0.1) is 11.3 Å². The summed E-state index contributed by atoms with van der Waals surface area (Å²) in [7, 11) is 2.10. The summed E-state index contributed by atoms with van der Waals surface area (Å²) in [5.41, 5.74) is 1.84. The van der Waals surface area contributed by atoms with Crippen LogP contribution in [-0.2, 0) is 32.0 Å². The van der Waals surface area contributed by atoms with Crippen LogP contribution < -0.4 is 18.9 Å². The van der Waals surface area contributed by atoms with Gasteiger partial charge in [-0.1, -0.05) is 29.3 Å². The van der Waals surface area contributed by atoms with Gasteiger partial charge in [0.25, 0.3) is 0 Å². The highest BCUT2D eigenvalue weighted by atomic mass is 35.5. The molecule has 3 fully saturated rings. The van der Waals surface area contributed by atoms with E-state index in [1.165, 1.54) is 29.8 Å². The molecular weight excluding hydrogens is 975 g/mol. The smallest absolute Gasteiger partial charge is 0.345 e. The second kappa shape index (κ2) is 20.7.